The molecule has 3 nitrogen and oxygen atoms in total. The van der Waals surface area contributed by atoms with Gasteiger partial charge in [0, 0.05) is 5.75 Å². The molecule has 0 atom stereocenters. The lowest BCUT2D eigenvalue weighted by Crippen LogP contribution is -2.16. The molecule has 0 spiro atoms. The molecule has 0 aromatic heterocycles. The van der Waals surface area contributed by atoms with E-state index in [9.17, 15) is 0 Å². The standard InChI is InChI=1S/C10H11N3S.BrH/c1-7-3-2-4-8(5-7)9-6-14-10(11)13-12-9;/h2-5H,6H2,1H3,(H2,11,13);1H. The van der Waals surface area contributed by atoms with Crippen LogP contribution in [0.3, 0.4) is 0 Å². The fourth-order valence-electron chi connectivity index (χ4n) is 1.28. The first-order valence-corrected chi connectivity index (χ1v) is 5.34. The zero-order valence-electron chi connectivity index (χ0n) is 8.30. The molecule has 0 saturated carbocycles. The third-order valence-corrected chi connectivity index (χ3v) is 2.77. The van der Waals surface area contributed by atoms with E-state index in [0.29, 0.717) is 5.17 Å². The molecular formula is C10H12BrN3S. The van der Waals surface area contributed by atoms with Gasteiger partial charge >= 0.3 is 0 Å². The fourth-order valence-corrected chi connectivity index (χ4v) is 1.88. The predicted molar refractivity (Wildman–Crippen MR) is 72.1 cm³/mol. The van der Waals surface area contributed by atoms with Crippen molar-refractivity contribution < 1.29 is 0 Å². The first-order chi connectivity index (χ1) is 6.75. The predicted octanol–water partition coefficient (Wildman–Crippen LogP) is 2.34. The van der Waals surface area contributed by atoms with Crippen molar-refractivity contribution in [3.05, 3.63) is 35.4 Å². The summed E-state index contributed by atoms with van der Waals surface area (Å²) in [6, 6.07) is 8.25. The van der Waals surface area contributed by atoms with E-state index in [1.165, 1.54) is 17.3 Å². The second-order valence-electron chi connectivity index (χ2n) is 3.14. The van der Waals surface area contributed by atoms with Crippen molar-refractivity contribution in [2.45, 2.75) is 6.92 Å². The smallest absolute Gasteiger partial charge is 0.180 e. The number of hydrogen-bond acceptors (Lipinski definition) is 4. The number of halogens is 1. The molecule has 1 aromatic carbocycles. The van der Waals surface area contributed by atoms with Crippen molar-refractivity contribution in [1.29, 1.82) is 0 Å². The first-order valence-electron chi connectivity index (χ1n) is 4.35. The number of aryl methyl sites for hydroxylation is 1. The van der Waals surface area contributed by atoms with Gasteiger partial charge in [-0.2, -0.15) is 5.10 Å². The van der Waals surface area contributed by atoms with Gasteiger partial charge in [-0.25, -0.2) is 0 Å². The molecule has 0 unspecified atom stereocenters. The van der Waals surface area contributed by atoms with Crippen molar-refractivity contribution in [1.82, 2.24) is 0 Å². The summed E-state index contributed by atoms with van der Waals surface area (Å²) in [6.45, 7) is 2.07. The lowest BCUT2D eigenvalue weighted by atomic mass is 10.1. The number of amidine groups is 1. The van der Waals surface area contributed by atoms with Crippen LogP contribution in [0, 0.1) is 6.92 Å². The Morgan fingerprint density at radius 2 is 2.13 bits per heavy atom. The van der Waals surface area contributed by atoms with Gasteiger partial charge in [-0.1, -0.05) is 41.6 Å². The summed E-state index contributed by atoms with van der Waals surface area (Å²) in [5.74, 6) is 0.804. The van der Waals surface area contributed by atoms with Gasteiger partial charge < -0.3 is 5.73 Å². The Bertz CT molecular complexity index is 415. The molecule has 0 aliphatic carbocycles. The number of nitrogens with zero attached hydrogens (tertiary/aromatic N) is 2. The van der Waals surface area contributed by atoms with Crippen LogP contribution in [0.5, 0.6) is 0 Å². The molecule has 0 radical (unpaired) electrons. The van der Waals surface area contributed by atoms with Crippen LogP contribution in [0.4, 0.5) is 0 Å². The SMILES string of the molecule is Br.Cc1cccc(C2=NN=C(N)SC2)c1. The van der Waals surface area contributed by atoms with Crippen LogP contribution in [-0.4, -0.2) is 16.6 Å². The van der Waals surface area contributed by atoms with Crippen molar-refractivity contribution in [2.24, 2.45) is 15.9 Å². The second-order valence-corrected chi connectivity index (χ2v) is 4.14. The summed E-state index contributed by atoms with van der Waals surface area (Å²) < 4.78 is 0. The molecule has 2 rings (SSSR count). The molecule has 5 heteroatoms. The van der Waals surface area contributed by atoms with Gasteiger partial charge in [0.1, 0.15) is 0 Å². The van der Waals surface area contributed by atoms with E-state index in [1.54, 1.807) is 0 Å². The minimum absolute atomic E-state index is 0. The summed E-state index contributed by atoms with van der Waals surface area (Å²) in [5, 5.41) is 8.49. The van der Waals surface area contributed by atoms with E-state index in [1.807, 2.05) is 12.1 Å². The normalized spacial score (nSPS) is 15.0. The molecule has 0 fully saturated rings. The van der Waals surface area contributed by atoms with Crippen molar-refractivity contribution in [3.63, 3.8) is 0 Å². The largest absolute Gasteiger partial charge is 0.377 e. The van der Waals surface area contributed by atoms with Crippen LogP contribution in [0.15, 0.2) is 34.5 Å². The number of nitrogens with two attached hydrogens (primary N) is 1. The van der Waals surface area contributed by atoms with Crippen LogP contribution in [0.2, 0.25) is 0 Å². The molecule has 0 amide bonds. The van der Waals surface area contributed by atoms with E-state index in [2.05, 4.69) is 29.3 Å². The Hall–Kier alpha value is -0.810. The highest BCUT2D eigenvalue weighted by molar-refractivity contribution is 8.93. The molecule has 1 aliphatic heterocycles. The van der Waals surface area contributed by atoms with Crippen molar-refractivity contribution in [2.75, 3.05) is 5.75 Å². The van der Waals surface area contributed by atoms with E-state index in [-0.39, 0.29) is 17.0 Å². The highest BCUT2D eigenvalue weighted by Crippen LogP contribution is 2.14. The molecule has 1 aromatic rings. The highest BCUT2D eigenvalue weighted by atomic mass is 79.9. The summed E-state index contributed by atoms with van der Waals surface area (Å²) in [6.07, 6.45) is 0. The highest BCUT2D eigenvalue weighted by Gasteiger charge is 2.09. The first kappa shape index (κ1) is 12.3. The van der Waals surface area contributed by atoms with E-state index >= 15 is 0 Å². The van der Waals surface area contributed by atoms with Crippen LogP contribution in [-0.2, 0) is 0 Å². The lowest BCUT2D eigenvalue weighted by molar-refractivity contribution is 1.22. The number of benzene rings is 1. The maximum Gasteiger partial charge on any atom is 0.180 e. The Balaban J connectivity index is 0.00000112. The van der Waals surface area contributed by atoms with Crippen LogP contribution >= 0.6 is 28.7 Å². The molecule has 15 heavy (non-hydrogen) atoms. The molecule has 0 saturated heterocycles. The Kier molecular flexibility index (Phi) is 4.35. The topological polar surface area (TPSA) is 50.7 Å². The maximum absolute atomic E-state index is 5.51. The molecule has 1 heterocycles. The molecule has 0 bridgehead atoms. The third-order valence-electron chi connectivity index (χ3n) is 1.98. The zero-order valence-corrected chi connectivity index (χ0v) is 10.8. The quantitative estimate of drug-likeness (QED) is 0.861. The monoisotopic (exact) mass is 285 g/mol. The van der Waals surface area contributed by atoms with Crippen LogP contribution in [0.1, 0.15) is 11.1 Å². The molecule has 2 N–H and O–H groups in total. The third kappa shape index (κ3) is 3.07. The van der Waals surface area contributed by atoms with Crippen LogP contribution in [0.25, 0.3) is 0 Å². The number of rotatable bonds is 1. The summed E-state index contributed by atoms with van der Waals surface area (Å²) in [7, 11) is 0. The molecular weight excluding hydrogens is 274 g/mol. The summed E-state index contributed by atoms with van der Waals surface area (Å²) in [4.78, 5) is 0. The minimum atomic E-state index is 0. The second kappa shape index (κ2) is 5.32. The lowest BCUT2D eigenvalue weighted by Gasteiger charge is -2.09. The fraction of sp³-hybridized carbons (Fsp3) is 0.200. The average molecular weight is 286 g/mol. The van der Waals surface area contributed by atoms with Gasteiger partial charge in [-0.3, -0.25) is 0 Å². The van der Waals surface area contributed by atoms with E-state index in [0.717, 1.165) is 17.0 Å². The zero-order chi connectivity index (χ0) is 9.97. The minimum Gasteiger partial charge on any atom is -0.377 e. The van der Waals surface area contributed by atoms with Crippen molar-refractivity contribution >= 4 is 39.6 Å². The average Bonchev–Trinajstić information content (AvgIpc) is 2.19. The Morgan fingerprint density at radius 1 is 1.33 bits per heavy atom. The van der Waals surface area contributed by atoms with Gasteiger partial charge in [0.2, 0.25) is 0 Å². The number of hydrogen-bond donors (Lipinski definition) is 1. The van der Waals surface area contributed by atoms with Gasteiger partial charge in [0.25, 0.3) is 0 Å². The van der Waals surface area contributed by atoms with Gasteiger partial charge in [-0.05, 0) is 12.5 Å². The molecule has 1 aliphatic rings. The van der Waals surface area contributed by atoms with Gasteiger partial charge in [0.15, 0.2) is 5.17 Å². The Morgan fingerprint density at radius 3 is 2.73 bits per heavy atom. The van der Waals surface area contributed by atoms with Crippen LogP contribution < -0.4 is 5.73 Å². The van der Waals surface area contributed by atoms with E-state index in [4.69, 9.17) is 5.73 Å². The summed E-state index contributed by atoms with van der Waals surface area (Å²) >= 11 is 1.52. The molecule has 80 valence electrons. The summed E-state index contributed by atoms with van der Waals surface area (Å²) in [5.41, 5.74) is 8.87. The van der Waals surface area contributed by atoms with Gasteiger partial charge in [0.05, 0.1) is 5.71 Å². The van der Waals surface area contributed by atoms with E-state index < -0.39 is 0 Å². The maximum atomic E-state index is 5.51. The van der Waals surface area contributed by atoms with Crippen molar-refractivity contribution in [3.8, 4) is 0 Å². The Labute approximate surface area is 104 Å². The van der Waals surface area contributed by atoms with Gasteiger partial charge in [-0.15, -0.1) is 22.1 Å². The number of thioether (sulfide) groups is 1.